The quantitative estimate of drug-likeness (QED) is 0.820. The first-order chi connectivity index (χ1) is 8.75. The standard InChI is InChI=1S/C14H19N3O/c15-10-14(5-6-14)11-3-1-2-4-12(11)17-8-7-16-13(18)9-17/h1-4H,5-10,15H2,(H,16,18). The minimum atomic E-state index is 0.105. The van der Waals surface area contributed by atoms with Crippen LogP contribution in [0.4, 0.5) is 5.69 Å². The Morgan fingerprint density at radius 2 is 2.11 bits per heavy atom. The van der Waals surface area contributed by atoms with E-state index in [-0.39, 0.29) is 11.3 Å². The van der Waals surface area contributed by atoms with Gasteiger partial charge in [0.15, 0.2) is 0 Å². The summed E-state index contributed by atoms with van der Waals surface area (Å²) in [5.41, 5.74) is 8.61. The van der Waals surface area contributed by atoms with E-state index < -0.39 is 0 Å². The van der Waals surface area contributed by atoms with E-state index in [2.05, 4.69) is 28.4 Å². The third kappa shape index (κ3) is 1.86. The summed E-state index contributed by atoms with van der Waals surface area (Å²) in [6, 6.07) is 8.39. The second-order valence-electron chi connectivity index (χ2n) is 5.27. The number of nitrogens with one attached hydrogen (secondary N) is 1. The second kappa shape index (κ2) is 4.28. The van der Waals surface area contributed by atoms with Gasteiger partial charge in [0.25, 0.3) is 0 Å². The number of para-hydroxylation sites is 1. The average molecular weight is 245 g/mol. The minimum absolute atomic E-state index is 0.105. The number of carbonyl (C=O) groups excluding carboxylic acids is 1. The zero-order valence-electron chi connectivity index (χ0n) is 10.5. The maximum absolute atomic E-state index is 11.5. The van der Waals surface area contributed by atoms with Gasteiger partial charge in [-0.15, -0.1) is 0 Å². The Balaban J connectivity index is 1.94. The lowest BCUT2D eigenvalue weighted by atomic mass is 9.93. The molecule has 1 heterocycles. The van der Waals surface area contributed by atoms with E-state index in [1.54, 1.807) is 0 Å². The van der Waals surface area contributed by atoms with Gasteiger partial charge >= 0.3 is 0 Å². The number of piperazine rings is 1. The van der Waals surface area contributed by atoms with Gasteiger partial charge in [0.1, 0.15) is 0 Å². The van der Waals surface area contributed by atoms with E-state index in [1.807, 2.05) is 6.07 Å². The molecule has 4 heteroatoms. The highest BCUT2D eigenvalue weighted by Gasteiger charge is 2.44. The fourth-order valence-electron chi connectivity index (χ4n) is 2.78. The zero-order chi connectivity index (χ0) is 12.6. The van der Waals surface area contributed by atoms with Crippen molar-refractivity contribution < 1.29 is 4.79 Å². The van der Waals surface area contributed by atoms with Gasteiger partial charge in [-0.05, 0) is 24.5 Å². The van der Waals surface area contributed by atoms with Crippen LogP contribution in [0.1, 0.15) is 18.4 Å². The molecule has 1 saturated heterocycles. The average Bonchev–Trinajstić information content (AvgIpc) is 3.20. The van der Waals surface area contributed by atoms with Crippen molar-refractivity contribution in [1.29, 1.82) is 0 Å². The number of rotatable bonds is 3. The van der Waals surface area contributed by atoms with Crippen molar-refractivity contribution in [1.82, 2.24) is 5.32 Å². The topological polar surface area (TPSA) is 58.4 Å². The molecule has 4 nitrogen and oxygen atoms in total. The molecule has 1 aliphatic heterocycles. The smallest absolute Gasteiger partial charge is 0.239 e. The predicted molar refractivity (Wildman–Crippen MR) is 71.6 cm³/mol. The molecule has 0 unspecified atom stereocenters. The molecule has 1 aromatic rings. The number of benzene rings is 1. The summed E-state index contributed by atoms with van der Waals surface area (Å²) in [6.45, 7) is 2.76. The summed E-state index contributed by atoms with van der Waals surface area (Å²) in [6.07, 6.45) is 2.33. The van der Waals surface area contributed by atoms with Crippen molar-refractivity contribution in [2.75, 3.05) is 31.1 Å². The molecular formula is C14H19N3O. The van der Waals surface area contributed by atoms with Gasteiger partial charge in [-0.2, -0.15) is 0 Å². The van der Waals surface area contributed by atoms with Crippen LogP contribution in [0.25, 0.3) is 0 Å². The van der Waals surface area contributed by atoms with Crippen LogP contribution in [-0.4, -0.2) is 32.1 Å². The highest BCUT2D eigenvalue weighted by Crippen LogP contribution is 2.50. The number of nitrogens with two attached hydrogens (primary N) is 1. The fraction of sp³-hybridized carbons (Fsp3) is 0.500. The summed E-state index contributed by atoms with van der Waals surface area (Å²) in [7, 11) is 0. The third-order valence-corrected chi connectivity index (χ3v) is 4.10. The van der Waals surface area contributed by atoms with E-state index in [0.717, 1.165) is 13.1 Å². The molecule has 1 amide bonds. The largest absolute Gasteiger partial charge is 0.360 e. The Bertz CT molecular complexity index is 468. The van der Waals surface area contributed by atoms with Gasteiger partial charge in [-0.25, -0.2) is 0 Å². The Labute approximate surface area is 107 Å². The van der Waals surface area contributed by atoms with E-state index in [0.29, 0.717) is 13.1 Å². The molecule has 0 spiro atoms. The van der Waals surface area contributed by atoms with Crippen LogP contribution in [-0.2, 0) is 10.2 Å². The first-order valence-electron chi connectivity index (χ1n) is 6.56. The highest BCUT2D eigenvalue weighted by molar-refractivity contribution is 5.83. The van der Waals surface area contributed by atoms with E-state index >= 15 is 0 Å². The van der Waals surface area contributed by atoms with E-state index in [9.17, 15) is 4.79 Å². The molecule has 2 fully saturated rings. The second-order valence-corrected chi connectivity index (χ2v) is 5.27. The lowest BCUT2D eigenvalue weighted by molar-refractivity contribution is -0.120. The van der Waals surface area contributed by atoms with Gasteiger partial charge in [-0.3, -0.25) is 4.79 Å². The lowest BCUT2D eigenvalue weighted by Crippen LogP contribution is -2.48. The van der Waals surface area contributed by atoms with Crippen LogP contribution < -0.4 is 16.0 Å². The van der Waals surface area contributed by atoms with Gasteiger partial charge in [-0.1, -0.05) is 18.2 Å². The minimum Gasteiger partial charge on any atom is -0.360 e. The van der Waals surface area contributed by atoms with Crippen molar-refractivity contribution in [3.8, 4) is 0 Å². The van der Waals surface area contributed by atoms with Crippen LogP contribution in [0, 0.1) is 0 Å². The first kappa shape index (κ1) is 11.5. The number of hydrogen-bond acceptors (Lipinski definition) is 3. The zero-order valence-corrected chi connectivity index (χ0v) is 10.5. The predicted octanol–water partition coefficient (Wildman–Crippen LogP) is 0.613. The van der Waals surface area contributed by atoms with Crippen LogP contribution >= 0.6 is 0 Å². The number of hydrogen-bond donors (Lipinski definition) is 2. The molecule has 0 atom stereocenters. The summed E-state index contributed by atoms with van der Waals surface area (Å²) in [5.74, 6) is 0.105. The van der Waals surface area contributed by atoms with Crippen LogP contribution in [0.2, 0.25) is 0 Å². The summed E-state index contributed by atoms with van der Waals surface area (Å²) < 4.78 is 0. The van der Waals surface area contributed by atoms with E-state index in [4.69, 9.17) is 5.73 Å². The molecule has 0 bridgehead atoms. The van der Waals surface area contributed by atoms with Crippen molar-refractivity contribution in [3.05, 3.63) is 29.8 Å². The van der Waals surface area contributed by atoms with Crippen molar-refractivity contribution in [3.63, 3.8) is 0 Å². The van der Waals surface area contributed by atoms with Gasteiger partial charge < -0.3 is 16.0 Å². The van der Waals surface area contributed by atoms with Crippen molar-refractivity contribution in [2.45, 2.75) is 18.3 Å². The maximum atomic E-state index is 11.5. The monoisotopic (exact) mass is 245 g/mol. The SMILES string of the molecule is NCC1(c2ccccc2N2CCNC(=O)C2)CC1. The lowest BCUT2D eigenvalue weighted by Gasteiger charge is -2.32. The Hall–Kier alpha value is -1.55. The molecule has 1 aromatic carbocycles. The summed E-state index contributed by atoms with van der Waals surface area (Å²) >= 11 is 0. The molecule has 2 aliphatic rings. The molecule has 3 N–H and O–H groups in total. The number of nitrogens with zero attached hydrogens (tertiary/aromatic N) is 1. The third-order valence-electron chi connectivity index (χ3n) is 4.10. The molecule has 3 rings (SSSR count). The first-order valence-corrected chi connectivity index (χ1v) is 6.56. The van der Waals surface area contributed by atoms with E-state index in [1.165, 1.54) is 24.1 Å². The number of amides is 1. The molecule has 1 saturated carbocycles. The fourth-order valence-corrected chi connectivity index (χ4v) is 2.78. The van der Waals surface area contributed by atoms with Gasteiger partial charge in [0.2, 0.25) is 5.91 Å². The molecule has 96 valence electrons. The van der Waals surface area contributed by atoms with Gasteiger partial charge in [0, 0.05) is 30.7 Å². The number of carbonyl (C=O) groups is 1. The molecular weight excluding hydrogens is 226 g/mol. The van der Waals surface area contributed by atoms with Gasteiger partial charge in [0.05, 0.1) is 6.54 Å². The Kier molecular flexibility index (Phi) is 2.74. The molecule has 0 aromatic heterocycles. The van der Waals surface area contributed by atoms with Crippen LogP contribution in [0.5, 0.6) is 0 Å². The maximum Gasteiger partial charge on any atom is 0.239 e. The summed E-state index contributed by atoms with van der Waals surface area (Å²) in [4.78, 5) is 13.7. The Morgan fingerprint density at radius 1 is 1.33 bits per heavy atom. The Morgan fingerprint density at radius 3 is 2.78 bits per heavy atom. The van der Waals surface area contributed by atoms with Crippen LogP contribution in [0.15, 0.2) is 24.3 Å². The normalized spacial score (nSPS) is 21.6. The van der Waals surface area contributed by atoms with Crippen molar-refractivity contribution >= 4 is 11.6 Å². The summed E-state index contributed by atoms with van der Waals surface area (Å²) in [5, 5.41) is 2.86. The molecule has 1 aliphatic carbocycles. The number of anilines is 1. The van der Waals surface area contributed by atoms with Crippen LogP contribution in [0.3, 0.4) is 0 Å². The highest BCUT2D eigenvalue weighted by atomic mass is 16.2. The molecule has 18 heavy (non-hydrogen) atoms. The van der Waals surface area contributed by atoms with Crippen molar-refractivity contribution in [2.24, 2.45) is 5.73 Å². The molecule has 0 radical (unpaired) electrons.